The predicted molar refractivity (Wildman–Crippen MR) is 68.1 cm³/mol. The summed E-state index contributed by atoms with van der Waals surface area (Å²) in [6, 6.07) is 4.25. The molecule has 0 spiro atoms. The molecular weight excluding hydrogens is 270 g/mol. The van der Waals surface area contributed by atoms with Crippen molar-refractivity contribution >= 4 is 34.7 Å². The van der Waals surface area contributed by atoms with E-state index in [1.54, 1.807) is 0 Å². The Morgan fingerprint density at radius 1 is 1.21 bits per heavy atom. The van der Waals surface area contributed by atoms with Crippen LogP contribution in [0.3, 0.4) is 0 Å². The van der Waals surface area contributed by atoms with Gasteiger partial charge in [0, 0.05) is 6.54 Å². The molecule has 0 amide bonds. The van der Waals surface area contributed by atoms with Gasteiger partial charge in [0.25, 0.3) is 0 Å². The molecule has 1 aromatic heterocycles. The third kappa shape index (κ3) is 3.04. The zero-order valence-electron chi connectivity index (χ0n) is 9.79. The first-order chi connectivity index (χ1) is 9.09. The van der Waals surface area contributed by atoms with Crippen molar-refractivity contribution in [3.8, 4) is 0 Å². The maximum absolute atomic E-state index is 9.10. The number of aliphatic carboxylic acids is 2. The van der Waals surface area contributed by atoms with Crippen molar-refractivity contribution in [1.29, 1.82) is 0 Å². The van der Waals surface area contributed by atoms with Crippen molar-refractivity contribution in [2.75, 3.05) is 6.54 Å². The van der Waals surface area contributed by atoms with Gasteiger partial charge in [0.05, 0.1) is 11.7 Å². The summed E-state index contributed by atoms with van der Waals surface area (Å²) >= 11 is 1.30. The number of hydrogen-bond acceptors (Lipinski definition) is 6. The molecule has 19 heavy (non-hydrogen) atoms. The highest BCUT2D eigenvalue weighted by molar-refractivity contribution is 7.00. The van der Waals surface area contributed by atoms with Gasteiger partial charge in [-0.15, -0.1) is 0 Å². The highest BCUT2D eigenvalue weighted by Gasteiger charge is 2.13. The fourth-order valence-corrected chi connectivity index (χ4v) is 2.38. The van der Waals surface area contributed by atoms with Crippen LogP contribution in [-0.4, -0.2) is 37.4 Å². The molecule has 0 radical (unpaired) electrons. The molecule has 1 aliphatic heterocycles. The van der Waals surface area contributed by atoms with E-state index in [0.717, 1.165) is 30.5 Å². The van der Waals surface area contributed by atoms with Crippen LogP contribution in [0.2, 0.25) is 0 Å². The van der Waals surface area contributed by atoms with Gasteiger partial charge < -0.3 is 15.5 Å². The molecule has 0 saturated heterocycles. The second-order valence-electron chi connectivity index (χ2n) is 3.87. The lowest BCUT2D eigenvalue weighted by Gasteiger charge is -2.16. The van der Waals surface area contributed by atoms with E-state index in [4.69, 9.17) is 19.8 Å². The molecule has 0 saturated carbocycles. The number of carboxylic acid groups (broad SMARTS) is 2. The first-order valence-electron chi connectivity index (χ1n) is 5.49. The van der Waals surface area contributed by atoms with Crippen molar-refractivity contribution in [1.82, 2.24) is 14.1 Å². The van der Waals surface area contributed by atoms with Crippen LogP contribution in [0.15, 0.2) is 12.1 Å². The molecule has 2 heterocycles. The van der Waals surface area contributed by atoms with Gasteiger partial charge in [-0.3, -0.25) is 0 Å². The molecule has 0 bridgehead atoms. The molecule has 0 unspecified atom stereocenters. The van der Waals surface area contributed by atoms with Crippen molar-refractivity contribution in [2.24, 2.45) is 0 Å². The summed E-state index contributed by atoms with van der Waals surface area (Å²) in [5.41, 5.74) is 4.90. The number of aromatic nitrogens is 2. The molecule has 3 N–H and O–H groups in total. The first kappa shape index (κ1) is 13.4. The van der Waals surface area contributed by atoms with Crippen LogP contribution in [0.4, 0.5) is 0 Å². The van der Waals surface area contributed by atoms with E-state index in [9.17, 15) is 0 Å². The van der Waals surface area contributed by atoms with Gasteiger partial charge in [0.1, 0.15) is 11.0 Å². The first-order valence-corrected chi connectivity index (χ1v) is 6.22. The predicted octanol–water partition coefficient (Wildman–Crippen LogP) is 0.493. The van der Waals surface area contributed by atoms with Gasteiger partial charge in [0.2, 0.25) is 0 Å². The smallest absolute Gasteiger partial charge is 0.414 e. The van der Waals surface area contributed by atoms with Crippen molar-refractivity contribution < 1.29 is 19.8 Å². The highest BCUT2D eigenvalue weighted by atomic mass is 32.1. The minimum atomic E-state index is -1.82. The minimum absolute atomic E-state index is 0.943. The van der Waals surface area contributed by atoms with Crippen molar-refractivity contribution in [3.63, 3.8) is 0 Å². The van der Waals surface area contributed by atoms with E-state index in [1.807, 2.05) is 0 Å². The number of nitrogens with zero attached hydrogens (tertiary/aromatic N) is 2. The van der Waals surface area contributed by atoms with Crippen LogP contribution in [0.5, 0.6) is 0 Å². The Kier molecular flexibility index (Phi) is 4.03. The molecule has 2 aromatic rings. The van der Waals surface area contributed by atoms with Gasteiger partial charge in [-0.1, -0.05) is 6.07 Å². The second-order valence-corrected chi connectivity index (χ2v) is 4.40. The van der Waals surface area contributed by atoms with Crippen LogP contribution in [-0.2, 0) is 22.6 Å². The summed E-state index contributed by atoms with van der Waals surface area (Å²) in [5, 5.41) is 18.1. The van der Waals surface area contributed by atoms with Gasteiger partial charge >= 0.3 is 11.9 Å². The Morgan fingerprint density at radius 2 is 1.95 bits per heavy atom. The third-order valence-electron chi connectivity index (χ3n) is 2.69. The number of fused-ring (bicyclic) bond motifs is 3. The molecule has 1 aliphatic rings. The number of benzene rings is 1. The van der Waals surface area contributed by atoms with E-state index in [0.29, 0.717) is 0 Å². The summed E-state index contributed by atoms with van der Waals surface area (Å²) in [7, 11) is 0. The molecule has 0 aliphatic carbocycles. The molecule has 0 fully saturated rings. The number of hydrogen-bond donors (Lipinski definition) is 3. The Labute approximate surface area is 112 Å². The van der Waals surface area contributed by atoms with E-state index in [2.05, 4.69) is 26.2 Å². The van der Waals surface area contributed by atoms with Gasteiger partial charge in [-0.25, -0.2) is 9.59 Å². The third-order valence-corrected chi connectivity index (χ3v) is 3.23. The topological polar surface area (TPSA) is 112 Å². The second kappa shape index (κ2) is 5.72. The summed E-state index contributed by atoms with van der Waals surface area (Å²) in [4.78, 5) is 18.2. The van der Waals surface area contributed by atoms with Gasteiger partial charge in [0.15, 0.2) is 0 Å². The zero-order valence-corrected chi connectivity index (χ0v) is 10.6. The number of nitrogens with one attached hydrogen (secondary N) is 1. The van der Waals surface area contributed by atoms with Gasteiger partial charge in [-0.05, 0) is 30.2 Å². The highest BCUT2D eigenvalue weighted by Crippen LogP contribution is 2.22. The van der Waals surface area contributed by atoms with E-state index in [-0.39, 0.29) is 0 Å². The van der Waals surface area contributed by atoms with Crippen LogP contribution in [0.1, 0.15) is 11.1 Å². The molecule has 7 nitrogen and oxygen atoms in total. The molecule has 3 rings (SSSR count). The van der Waals surface area contributed by atoms with Crippen LogP contribution in [0, 0.1) is 0 Å². The molecule has 100 valence electrons. The molecular formula is C11H11N3O4S. The standard InChI is InChI=1S/C9H9N3S.C2H2O4/c1-2-8-9(12-13-11-8)7-5-10-4-3-6(1)7;3-1(4)2(5)6/h1-2,10H,3-5H2;(H,3,4)(H,5,6). The zero-order chi connectivity index (χ0) is 13.8. The SMILES string of the molecule is O=C(O)C(=O)O.c1cc2nsnc2c2c1CCNC2. The normalized spacial score (nSPS) is 13.3. The fourth-order valence-electron chi connectivity index (χ4n) is 1.81. The summed E-state index contributed by atoms with van der Waals surface area (Å²) in [6.07, 6.45) is 1.11. The maximum Gasteiger partial charge on any atom is 0.414 e. The van der Waals surface area contributed by atoms with E-state index >= 15 is 0 Å². The number of carbonyl (C=O) groups is 2. The summed E-state index contributed by atoms with van der Waals surface area (Å²) < 4.78 is 8.55. The monoisotopic (exact) mass is 281 g/mol. The average Bonchev–Trinajstić information content (AvgIpc) is 2.88. The maximum atomic E-state index is 9.10. The van der Waals surface area contributed by atoms with Crippen LogP contribution >= 0.6 is 11.7 Å². The average molecular weight is 281 g/mol. The Balaban J connectivity index is 0.000000192. The van der Waals surface area contributed by atoms with Crippen molar-refractivity contribution in [3.05, 3.63) is 23.3 Å². The number of carboxylic acids is 2. The van der Waals surface area contributed by atoms with E-state index < -0.39 is 11.9 Å². The summed E-state index contributed by atoms with van der Waals surface area (Å²) in [6.45, 7) is 2.02. The molecule has 1 aromatic carbocycles. The lowest BCUT2D eigenvalue weighted by molar-refractivity contribution is -0.159. The number of rotatable bonds is 0. The van der Waals surface area contributed by atoms with Crippen LogP contribution < -0.4 is 5.32 Å². The Morgan fingerprint density at radius 3 is 2.63 bits per heavy atom. The molecule has 0 atom stereocenters. The largest absolute Gasteiger partial charge is 0.473 e. The molecule has 8 heteroatoms. The van der Waals surface area contributed by atoms with Crippen LogP contribution in [0.25, 0.3) is 11.0 Å². The summed E-state index contributed by atoms with van der Waals surface area (Å²) in [5.74, 6) is -3.65. The Bertz CT molecular complexity index is 613. The lowest BCUT2D eigenvalue weighted by atomic mass is 10.00. The fraction of sp³-hybridized carbons (Fsp3) is 0.273. The Hall–Kier alpha value is -2.06. The van der Waals surface area contributed by atoms with Crippen molar-refractivity contribution in [2.45, 2.75) is 13.0 Å². The van der Waals surface area contributed by atoms with E-state index in [1.165, 1.54) is 22.9 Å². The lowest BCUT2D eigenvalue weighted by Crippen LogP contribution is -2.23. The minimum Gasteiger partial charge on any atom is -0.473 e. The quantitative estimate of drug-likeness (QED) is 0.602. The van der Waals surface area contributed by atoms with Gasteiger partial charge in [-0.2, -0.15) is 8.75 Å².